The van der Waals surface area contributed by atoms with E-state index in [0.29, 0.717) is 59.3 Å². The van der Waals surface area contributed by atoms with Gasteiger partial charge in [-0.15, -0.1) is 0 Å². The Labute approximate surface area is 265 Å². The summed E-state index contributed by atoms with van der Waals surface area (Å²) in [6.07, 6.45) is 5.32. The number of nitrogens with zero attached hydrogens (tertiary/aromatic N) is 5. The molecule has 0 spiro atoms. The van der Waals surface area contributed by atoms with Crippen LogP contribution in [-0.4, -0.2) is 73.1 Å². The summed E-state index contributed by atoms with van der Waals surface area (Å²) < 4.78 is 21.3. The van der Waals surface area contributed by atoms with Crippen molar-refractivity contribution in [1.29, 1.82) is 0 Å². The van der Waals surface area contributed by atoms with Crippen LogP contribution in [0.4, 0.5) is 17.2 Å². The molecule has 2 aliphatic heterocycles. The van der Waals surface area contributed by atoms with Crippen molar-refractivity contribution in [3.63, 3.8) is 0 Å². The predicted molar refractivity (Wildman–Crippen MR) is 173 cm³/mol. The van der Waals surface area contributed by atoms with Crippen LogP contribution in [0, 0.1) is 5.92 Å². The molecule has 4 heterocycles. The second kappa shape index (κ2) is 11.8. The number of carbonyl (C=O) groups excluding carboxylic acids is 1. The van der Waals surface area contributed by atoms with Gasteiger partial charge in [0.2, 0.25) is 5.91 Å². The standard InChI is InChI=1S/C33H48N8O4/c1-18(2)40(21-12-19(13-21)8-11-25(42)39-23-10-9-20(14-22(23)34)32(3,4)5)15-24-27-28(45-33(6,7)44-27)31(43-24)41-17-38-26-29(35)36-16-37-30(26)41/h9-10,14,16-19,21,24,27-28,31H,8,11-13,15,34H2,1-7H3,(H,39,42)(H2,35,36,37). The van der Waals surface area contributed by atoms with E-state index in [1.54, 1.807) is 6.33 Å². The van der Waals surface area contributed by atoms with E-state index in [1.165, 1.54) is 6.33 Å². The minimum absolute atomic E-state index is 0.00244. The maximum absolute atomic E-state index is 12.8. The van der Waals surface area contributed by atoms with E-state index in [9.17, 15) is 4.79 Å². The first kappa shape index (κ1) is 31.7. The summed E-state index contributed by atoms with van der Waals surface area (Å²) in [5, 5.41) is 3.01. The topological polar surface area (TPSA) is 156 Å². The number of carbonyl (C=O) groups is 1. The zero-order valence-corrected chi connectivity index (χ0v) is 27.5. The fraction of sp³-hybridized carbons (Fsp3) is 0.636. The maximum Gasteiger partial charge on any atom is 0.224 e. The summed E-state index contributed by atoms with van der Waals surface area (Å²) in [7, 11) is 0. The highest BCUT2D eigenvalue weighted by Crippen LogP contribution is 2.45. The zero-order chi connectivity index (χ0) is 32.3. The number of ether oxygens (including phenoxy) is 3. The molecule has 1 aromatic carbocycles. The minimum atomic E-state index is -0.732. The second-order valence-electron chi connectivity index (χ2n) is 14.6. The summed E-state index contributed by atoms with van der Waals surface area (Å²) in [5.74, 6) is 0.103. The van der Waals surface area contributed by atoms with Gasteiger partial charge in [-0.25, -0.2) is 15.0 Å². The molecule has 1 amide bonds. The van der Waals surface area contributed by atoms with Gasteiger partial charge in [-0.1, -0.05) is 26.8 Å². The first-order chi connectivity index (χ1) is 21.2. The molecule has 12 nitrogen and oxygen atoms in total. The van der Waals surface area contributed by atoms with E-state index in [4.69, 9.17) is 25.7 Å². The number of amides is 1. The van der Waals surface area contributed by atoms with Crippen molar-refractivity contribution in [3.8, 4) is 0 Å². The van der Waals surface area contributed by atoms with Crippen LogP contribution in [0.5, 0.6) is 0 Å². The summed E-state index contributed by atoms with van der Waals surface area (Å²) in [6, 6.07) is 6.63. The highest BCUT2D eigenvalue weighted by atomic mass is 16.8. The Morgan fingerprint density at radius 1 is 1.13 bits per heavy atom. The molecule has 4 atom stereocenters. The minimum Gasteiger partial charge on any atom is -0.397 e. The number of rotatable bonds is 9. The zero-order valence-electron chi connectivity index (χ0n) is 27.5. The monoisotopic (exact) mass is 620 g/mol. The molecule has 6 rings (SSSR count). The normalized spacial score (nSPS) is 27.7. The Bertz CT molecular complexity index is 1540. The van der Waals surface area contributed by atoms with E-state index in [-0.39, 0.29) is 29.6 Å². The van der Waals surface area contributed by atoms with Crippen molar-refractivity contribution in [2.75, 3.05) is 23.3 Å². The lowest BCUT2D eigenvalue weighted by atomic mass is 9.76. The van der Waals surface area contributed by atoms with Gasteiger partial charge >= 0.3 is 0 Å². The van der Waals surface area contributed by atoms with Crippen LogP contribution in [0.15, 0.2) is 30.9 Å². The molecule has 2 saturated heterocycles. The Morgan fingerprint density at radius 2 is 1.87 bits per heavy atom. The number of hydrogen-bond donors (Lipinski definition) is 3. The lowest BCUT2D eigenvalue weighted by Gasteiger charge is -2.46. The fourth-order valence-corrected chi connectivity index (χ4v) is 6.97. The number of nitrogens with one attached hydrogen (secondary N) is 1. The number of imidazole rings is 1. The van der Waals surface area contributed by atoms with Gasteiger partial charge in [0.05, 0.1) is 17.7 Å². The molecule has 45 heavy (non-hydrogen) atoms. The van der Waals surface area contributed by atoms with Crippen molar-refractivity contribution in [3.05, 3.63) is 36.4 Å². The third kappa shape index (κ3) is 6.38. The highest BCUT2D eigenvalue weighted by Gasteiger charge is 2.57. The molecule has 2 aromatic heterocycles. The first-order valence-electron chi connectivity index (χ1n) is 16.1. The first-order valence-corrected chi connectivity index (χ1v) is 16.1. The Hall–Kier alpha value is -3.32. The number of nitrogen functional groups attached to an aromatic ring is 2. The third-order valence-electron chi connectivity index (χ3n) is 9.49. The number of aromatic nitrogens is 4. The summed E-state index contributed by atoms with van der Waals surface area (Å²) in [4.78, 5) is 28.2. The molecule has 1 saturated carbocycles. The maximum atomic E-state index is 12.8. The molecule has 12 heteroatoms. The smallest absolute Gasteiger partial charge is 0.224 e. The lowest BCUT2D eigenvalue weighted by Crippen LogP contribution is -2.52. The molecule has 1 aliphatic carbocycles. The average molecular weight is 621 g/mol. The van der Waals surface area contributed by atoms with E-state index in [2.05, 4.69) is 59.8 Å². The van der Waals surface area contributed by atoms with Gasteiger partial charge in [0.15, 0.2) is 23.5 Å². The molecule has 244 valence electrons. The molecular formula is C33H48N8O4. The van der Waals surface area contributed by atoms with Crippen molar-refractivity contribution in [2.45, 2.75) is 122 Å². The number of nitrogens with two attached hydrogens (primary N) is 2. The van der Waals surface area contributed by atoms with Crippen LogP contribution < -0.4 is 16.8 Å². The van der Waals surface area contributed by atoms with Crippen LogP contribution >= 0.6 is 0 Å². The van der Waals surface area contributed by atoms with Crippen LogP contribution in [-0.2, 0) is 24.4 Å². The Morgan fingerprint density at radius 3 is 2.56 bits per heavy atom. The molecule has 0 bridgehead atoms. The van der Waals surface area contributed by atoms with E-state index < -0.39 is 12.0 Å². The van der Waals surface area contributed by atoms with Gasteiger partial charge in [-0.05, 0) is 76.0 Å². The van der Waals surface area contributed by atoms with Gasteiger partial charge in [0.25, 0.3) is 0 Å². The predicted octanol–water partition coefficient (Wildman–Crippen LogP) is 4.61. The molecule has 3 aliphatic rings. The summed E-state index contributed by atoms with van der Waals surface area (Å²) in [6.45, 7) is 15.5. The molecule has 3 fully saturated rings. The number of hydrogen-bond acceptors (Lipinski definition) is 10. The molecule has 5 N–H and O–H groups in total. The van der Waals surface area contributed by atoms with Crippen molar-refractivity contribution >= 4 is 34.3 Å². The highest BCUT2D eigenvalue weighted by molar-refractivity contribution is 5.93. The van der Waals surface area contributed by atoms with E-state index >= 15 is 0 Å². The van der Waals surface area contributed by atoms with E-state index in [1.807, 2.05) is 36.6 Å². The number of benzene rings is 1. The van der Waals surface area contributed by atoms with Gasteiger partial charge in [-0.2, -0.15) is 0 Å². The third-order valence-corrected chi connectivity index (χ3v) is 9.49. The quantitative estimate of drug-likeness (QED) is 0.289. The Kier molecular flexibility index (Phi) is 8.30. The SMILES string of the molecule is CC(C)N(CC1OC(n2cnc3c(N)ncnc32)C2OC(C)(C)OC12)C1CC(CCC(=O)Nc2ccc(C(C)(C)C)cc2N)C1. The van der Waals surface area contributed by atoms with Crippen LogP contribution in [0.3, 0.4) is 0 Å². The average Bonchev–Trinajstić information content (AvgIpc) is 3.59. The van der Waals surface area contributed by atoms with Gasteiger partial charge in [0.1, 0.15) is 30.2 Å². The van der Waals surface area contributed by atoms with Crippen LogP contribution in [0.25, 0.3) is 11.2 Å². The molecule has 4 unspecified atom stereocenters. The van der Waals surface area contributed by atoms with Crippen LogP contribution in [0.2, 0.25) is 0 Å². The van der Waals surface area contributed by atoms with Gasteiger partial charge < -0.3 is 31.0 Å². The Balaban J connectivity index is 1.06. The summed E-state index contributed by atoms with van der Waals surface area (Å²) >= 11 is 0. The van der Waals surface area contributed by atoms with Crippen LogP contribution in [0.1, 0.15) is 85.9 Å². The lowest BCUT2D eigenvalue weighted by molar-refractivity contribution is -0.199. The molecule has 3 aromatic rings. The largest absolute Gasteiger partial charge is 0.397 e. The summed E-state index contributed by atoms with van der Waals surface area (Å²) in [5.41, 5.74) is 15.9. The molecular weight excluding hydrogens is 572 g/mol. The molecule has 0 radical (unpaired) electrons. The number of fused-ring (bicyclic) bond motifs is 2. The number of anilines is 3. The van der Waals surface area contributed by atoms with Crippen molar-refractivity contribution < 1.29 is 19.0 Å². The van der Waals surface area contributed by atoms with Gasteiger partial charge in [0, 0.05) is 25.0 Å². The van der Waals surface area contributed by atoms with E-state index in [0.717, 1.165) is 24.8 Å². The second-order valence-corrected chi connectivity index (χ2v) is 14.6. The van der Waals surface area contributed by atoms with Gasteiger partial charge in [-0.3, -0.25) is 14.3 Å². The van der Waals surface area contributed by atoms with Crippen molar-refractivity contribution in [1.82, 2.24) is 24.4 Å². The van der Waals surface area contributed by atoms with Crippen molar-refractivity contribution in [2.24, 2.45) is 5.92 Å². The fourth-order valence-electron chi connectivity index (χ4n) is 6.97.